The zero-order valence-corrected chi connectivity index (χ0v) is 19.3. The van der Waals surface area contributed by atoms with Crippen LogP contribution in [-0.2, 0) is 17.9 Å². The Kier molecular flexibility index (Phi) is 6.01. The molecule has 5 nitrogen and oxygen atoms in total. The van der Waals surface area contributed by atoms with Crippen LogP contribution in [0.3, 0.4) is 0 Å². The van der Waals surface area contributed by atoms with Crippen LogP contribution < -0.4 is 10.1 Å². The van der Waals surface area contributed by atoms with Gasteiger partial charge in [0.25, 0.3) is 0 Å². The maximum atomic E-state index is 10.7. The van der Waals surface area contributed by atoms with E-state index in [-0.39, 0.29) is 11.6 Å². The van der Waals surface area contributed by atoms with E-state index in [0.717, 1.165) is 35.7 Å². The van der Waals surface area contributed by atoms with Gasteiger partial charge in [0.05, 0.1) is 11.1 Å². The number of aryl methyl sites for hydroxylation is 1. The Morgan fingerprint density at radius 3 is 2.52 bits per heavy atom. The highest BCUT2D eigenvalue weighted by atomic mass is 33.1. The Morgan fingerprint density at radius 1 is 1.17 bits per heavy atom. The summed E-state index contributed by atoms with van der Waals surface area (Å²) in [5.41, 5.74) is 4.41. The Morgan fingerprint density at radius 2 is 1.86 bits per heavy atom. The van der Waals surface area contributed by atoms with E-state index in [1.165, 1.54) is 21.8 Å². The van der Waals surface area contributed by atoms with Crippen molar-refractivity contribution < 1.29 is 15.1 Å². The minimum Gasteiger partial charge on any atom is -0.487 e. The van der Waals surface area contributed by atoms with Crippen molar-refractivity contribution in [1.29, 1.82) is 0 Å². The number of hydrogen-bond donors (Lipinski definition) is 3. The zero-order valence-electron chi connectivity index (χ0n) is 17.7. The van der Waals surface area contributed by atoms with Crippen LogP contribution in [0, 0.1) is 0 Å². The lowest BCUT2D eigenvalue weighted by Crippen LogP contribution is -2.49. The van der Waals surface area contributed by atoms with Gasteiger partial charge in [0, 0.05) is 24.6 Å². The van der Waals surface area contributed by atoms with Crippen LogP contribution in [0.5, 0.6) is 5.75 Å². The molecule has 0 bridgehead atoms. The third kappa shape index (κ3) is 4.23. The third-order valence-electron chi connectivity index (χ3n) is 6.36. The maximum Gasteiger partial charge on any atom is 0.126 e. The van der Waals surface area contributed by atoms with E-state index in [2.05, 4.69) is 23.5 Å². The first-order valence-corrected chi connectivity index (χ1v) is 12.8. The van der Waals surface area contributed by atoms with E-state index in [0.29, 0.717) is 13.1 Å². The van der Waals surface area contributed by atoms with Gasteiger partial charge in [-0.05, 0) is 68.9 Å². The molecule has 3 heterocycles. The monoisotopic (exact) mass is 436 g/mol. The van der Waals surface area contributed by atoms with E-state index in [1.54, 1.807) is 0 Å². The molecule has 0 aromatic heterocycles. The molecule has 29 heavy (non-hydrogen) atoms. The molecule has 3 N–H and O–H groups in total. The highest BCUT2D eigenvalue weighted by Gasteiger charge is 2.44. The number of nitrogens with zero attached hydrogens (tertiary/aromatic N) is 1. The Labute approximate surface area is 181 Å². The van der Waals surface area contributed by atoms with Crippen molar-refractivity contribution in [2.24, 2.45) is 0 Å². The van der Waals surface area contributed by atoms with Gasteiger partial charge in [0.2, 0.25) is 0 Å². The number of rotatable bonds is 5. The van der Waals surface area contributed by atoms with Gasteiger partial charge in [0.15, 0.2) is 0 Å². The van der Waals surface area contributed by atoms with Crippen molar-refractivity contribution in [3.63, 3.8) is 0 Å². The summed E-state index contributed by atoms with van der Waals surface area (Å²) in [5.74, 6) is 3.04. The van der Waals surface area contributed by atoms with E-state index >= 15 is 0 Å². The number of nitrogens with one attached hydrogen (secondary N) is 1. The lowest BCUT2D eigenvalue weighted by atomic mass is 9.95. The van der Waals surface area contributed by atoms with Crippen LogP contribution in [-0.4, -0.2) is 51.8 Å². The fourth-order valence-corrected chi connectivity index (χ4v) is 6.79. The zero-order chi connectivity index (χ0) is 20.8. The molecular formula is C22H32N2O3S2. The molecule has 1 aromatic carbocycles. The molecule has 0 radical (unpaired) electrons. The Bertz CT molecular complexity index is 809. The number of ether oxygens (including phenoxy) is 1. The molecule has 0 spiro atoms. The average molecular weight is 437 g/mol. The Balaban J connectivity index is 1.34. The summed E-state index contributed by atoms with van der Waals surface area (Å²) in [7, 11) is 3.81. The highest BCUT2D eigenvalue weighted by molar-refractivity contribution is 8.76. The largest absolute Gasteiger partial charge is 0.487 e. The highest BCUT2D eigenvalue weighted by Crippen LogP contribution is 2.41. The van der Waals surface area contributed by atoms with Crippen molar-refractivity contribution in [3.8, 4) is 5.75 Å². The molecule has 0 fully saturated rings. The number of hydroxylamine groups is 2. The van der Waals surface area contributed by atoms with Crippen LogP contribution >= 0.6 is 21.6 Å². The minimum atomic E-state index is -0.563. The summed E-state index contributed by atoms with van der Waals surface area (Å²) < 4.78 is 6.20. The minimum absolute atomic E-state index is 0.185. The van der Waals surface area contributed by atoms with Crippen LogP contribution in [0.4, 0.5) is 0 Å². The summed E-state index contributed by atoms with van der Waals surface area (Å²) in [5, 5.41) is 25.9. The summed E-state index contributed by atoms with van der Waals surface area (Å²) in [6, 6.07) is 4.49. The molecule has 1 aromatic rings. The van der Waals surface area contributed by atoms with Gasteiger partial charge >= 0.3 is 0 Å². The summed E-state index contributed by atoms with van der Waals surface area (Å²) >= 11 is 0. The molecule has 2 atom stereocenters. The third-order valence-corrected chi connectivity index (χ3v) is 8.59. The molecule has 160 valence electrons. The van der Waals surface area contributed by atoms with Gasteiger partial charge in [-0.25, -0.2) is 0 Å². The summed E-state index contributed by atoms with van der Waals surface area (Å²) in [6.45, 7) is 9.14. The fraction of sp³-hybridized carbons (Fsp3) is 0.636. The smallest absolute Gasteiger partial charge is 0.126 e. The van der Waals surface area contributed by atoms with Crippen molar-refractivity contribution in [2.75, 3.05) is 13.1 Å². The van der Waals surface area contributed by atoms with Crippen LogP contribution in [0.25, 0.3) is 0 Å². The number of aliphatic hydroxyl groups is 1. The normalized spacial score (nSPS) is 26.3. The van der Waals surface area contributed by atoms with Crippen molar-refractivity contribution >= 4 is 21.6 Å². The molecular weight excluding hydrogens is 404 g/mol. The quantitative estimate of drug-likeness (QED) is 0.478. The summed E-state index contributed by atoms with van der Waals surface area (Å²) in [6.07, 6.45) is 3.15. The molecule has 0 amide bonds. The predicted octanol–water partition coefficient (Wildman–Crippen LogP) is 3.91. The molecule has 3 aliphatic rings. The van der Waals surface area contributed by atoms with Gasteiger partial charge < -0.3 is 20.4 Å². The van der Waals surface area contributed by atoms with Crippen LogP contribution in [0.1, 0.15) is 50.8 Å². The predicted molar refractivity (Wildman–Crippen MR) is 121 cm³/mol. The van der Waals surface area contributed by atoms with E-state index in [9.17, 15) is 10.3 Å². The van der Waals surface area contributed by atoms with Crippen molar-refractivity contribution in [2.45, 2.75) is 75.3 Å². The molecule has 0 aliphatic carbocycles. The number of hydrogen-bond acceptors (Lipinski definition) is 7. The molecule has 7 heteroatoms. The van der Waals surface area contributed by atoms with Gasteiger partial charge in [-0.2, -0.15) is 5.06 Å². The maximum absolute atomic E-state index is 10.7. The first-order chi connectivity index (χ1) is 13.7. The van der Waals surface area contributed by atoms with E-state index in [4.69, 9.17) is 4.74 Å². The van der Waals surface area contributed by atoms with E-state index in [1.807, 2.05) is 49.3 Å². The fourth-order valence-electron chi connectivity index (χ4n) is 4.57. The van der Waals surface area contributed by atoms with Crippen molar-refractivity contribution in [1.82, 2.24) is 10.4 Å². The Hall–Kier alpha value is -0.700. The van der Waals surface area contributed by atoms with Crippen LogP contribution in [0.2, 0.25) is 0 Å². The first kappa shape index (κ1) is 21.5. The standard InChI is InChI=1S/C22H32N2O3S2/c1-21(2)9-17(22(3,4)24(21)26)10-23-11-18(25)19-6-5-14-7-15-12-28-29-13-16(15)8-20(14)27-19/h7-9,18-19,23,25-26H,5-6,10-13H2,1-4H3. The summed E-state index contributed by atoms with van der Waals surface area (Å²) in [4.78, 5) is 0. The molecule has 4 rings (SSSR count). The lowest BCUT2D eigenvalue weighted by Gasteiger charge is -2.36. The second-order valence-electron chi connectivity index (χ2n) is 9.34. The second-order valence-corrected chi connectivity index (χ2v) is 11.8. The lowest BCUT2D eigenvalue weighted by molar-refractivity contribution is -0.185. The topological polar surface area (TPSA) is 65.0 Å². The van der Waals surface area contributed by atoms with Gasteiger partial charge in [-0.1, -0.05) is 33.7 Å². The van der Waals surface area contributed by atoms with Gasteiger partial charge in [0.1, 0.15) is 18.0 Å². The molecule has 2 unspecified atom stereocenters. The van der Waals surface area contributed by atoms with Gasteiger partial charge in [-0.15, -0.1) is 0 Å². The van der Waals surface area contributed by atoms with Crippen LogP contribution in [0.15, 0.2) is 23.8 Å². The van der Waals surface area contributed by atoms with Gasteiger partial charge in [-0.3, -0.25) is 0 Å². The van der Waals surface area contributed by atoms with Crippen molar-refractivity contribution in [3.05, 3.63) is 40.5 Å². The number of fused-ring (bicyclic) bond motifs is 2. The number of aliphatic hydroxyl groups excluding tert-OH is 1. The average Bonchev–Trinajstić information content (AvgIpc) is 2.85. The SMILES string of the molecule is CC1(C)C=C(CNCC(O)C2CCc3cc4c(cc3O2)CSSC4)C(C)(C)N1O. The first-order valence-electron chi connectivity index (χ1n) is 10.3. The van der Waals surface area contributed by atoms with E-state index < -0.39 is 11.6 Å². The molecule has 3 aliphatic heterocycles. The second kappa shape index (κ2) is 8.09. The molecule has 0 saturated carbocycles. The number of benzene rings is 1. The molecule has 0 saturated heterocycles.